The predicted molar refractivity (Wildman–Crippen MR) is 106 cm³/mol. The molecular weight excluding hydrogens is 336 g/mol. The molecule has 0 saturated carbocycles. The van der Waals surface area contributed by atoms with Crippen molar-refractivity contribution in [2.24, 2.45) is 0 Å². The van der Waals surface area contributed by atoms with Crippen LogP contribution in [0, 0.1) is 0 Å². The lowest BCUT2D eigenvalue weighted by atomic mass is 9.90. The number of carbonyl (C=O) groups is 1. The third kappa shape index (κ3) is 4.01. The van der Waals surface area contributed by atoms with Gasteiger partial charge in [-0.2, -0.15) is 0 Å². The van der Waals surface area contributed by atoms with E-state index in [1.54, 1.807) is 0 Å². The van der Waals surface area contributed by atoms with Gasteiger partial charge in [0.2, 0.25) is 0 Å². The second-order valence-corrected chi connectivity index (χ2v) is 7.90. The Bertz CT molecular complexity index is 782. The van der Waals surface area contributed by atoms with Crippen LogP contribution in [0.2, 0.25) is 0 Å². The Morgan fingerprint density at radius 1 is 0.963 bits per heavy atom. The summed E-state index contributed by atoms with van der Waals surface area (Å²) in [6.07, 6.45) is 2.97. The van der Waals surface area contributed by atoms with Crippen LogP contribution in [0.3, 0.4) is 0 Å². The molecule has 4 nitrogen and oxygen atoms in total. The summed E-state index contributed by atoms with van der Waals surface area (Å²) in [5, 5.41) is 3.29. The molecule has 2 aromatic rings. The molecule has 2 aliphatic rings. The fourth-order valence-corrected chi connectivity index (χ4v) is 4.49. The number of benzene rings is 2. The van der Waals surface area contributed by atoms with Gasteiger partial charge in [0.15, 0.2) is 0 Å². The van der Waals surface area contributed by atoms with E-state index in [0.29, 0.717) is 6.54 Å². The molecule has 2 aliphatic heterocycles. The number of carbonyl (C=O) groups excluding carboxylic acids is 1. The normalized spacial score (nSPS) is 27.7. The van der Waals surface area contributed by atoms with Crippen LogP contribution in [0.4, 0.5) is 4.79 Å². The molecule has 0 radical (unpaired) electrons. The number of rotatable bonds is 2. The number of hydrogen-bond acceptors (Lipinski definition) is 2. The lowest BCUT2D eigenvalue weighted by Crippen LogP contribution is -2.51. The summed E-state index contributed by atoms with van der Waals surface area (Å²) in [6, 6.07) is 19.1. The van der Waals surface area contributed by atoms with Crippen molar-refractivity contribution in [3.8, 4) is 0 Å². The lowest BCUT2D eigenvalue weighted by Gasteiger charge is -2.39. The highest BCUT2D eigenvalue weighted by Crippen LogP contribution is 2.33. The van der Waals surface area contributed by atoms with Gasteiger partial charge in [0.25, 0.3) is 0 Å². The average Bonchev–Trinajstić information content (AvgIpc) is 2.67. The van der Waals surface area contributed by atoms with Crippen molar-refractivity contribution in [3.05, 3.63) is 71.3 Å². The standard InChI is InChI=1S/C23H28N2O2/c1-16-12-21(13-17(2)27-16)24-23(26)25-15-20-11-7-6-10-19(20)14-22(25)18-8-4-3-5-9-18/h3-11,16-17,21-22H,12-15H2,1-2H3,(H,24,26). The van der Waals surface area contributed by atoms with E-state index < -0.39 is 0 Å². The summed E-state index contributed by atoms with van der Waals surface area (Å²) in [5.74, 6) is 0. The zero-order chi connectivity index (χ0) is 18.8. The largest absolute Gasteiger partial charge is 0.375 e. The van der Waals surface area contributed by atoms with Crippen molar-refractivity contribution in [2.75, 3.05) is 0 Å². The van der Waals surface area contributed by atoms with E-state index in [1.165, 1.54) is 16.7 Å². The maximum absolute atomic E-state index is 13.2. The van der Waals surface area contributed by atoms with Crippen LogP contribution in [0.25, 0.3) is 0 Å². The molecular formula is C23H28N2O2. The Morgan fingerprint density at radius 2 is 1.59 bits per heavy atom. The number of nitrogens with one attached hydrogen (secondary N) is 1. The molecule has 2 heterocycles. The maximum atomic E-state index is 13.2. The molecule has 0 bridgehead atoms. The molecule has 3 atom stereocenters. The third-order valence-electron chi connectivity index (χ3n) is 5.72. The van der Waals surface area contributed by atoms with Crippen molar-refractivity contribution in [3.63, 3.8) is 0 Å². The minimum atomic E-state index is 0.0321. The van der Waals surface area contributed by atoms with Crippen LogP contribution in [-0.2, 0) is 17.7 Å². The molecule has 0 aromatic heterocycles. The first-order valence-corrected chi connectivity index (χ1v) is 9.94. The Kier molecular flexibility index (Phi) is 5.17. The highest BCUT2D eigenvalue weighted by molar-refractivity contribution is 5.75. The molecule has 4 heteroatoms. The van der Waals surface area contributed by atoms with E-state index >= 15 is 0 Å². The monoisotopic (exact) mass is 364 g/mol. The fourth-order valence-electron chi connectivity index (χ4n) is 4.49. The SMILES string of the molecule is CC1CC(NC(=O)N2Cc3ccccc3CC2c2ccccc2)CC(C)O1. The van der Waals surface area contributed by atoms with Crippen LogP contribution < -0.4 is 5.32 Å². The maximum Gasteiger partial charge on any atom is 0.318 e. The van der Waals surface area contributed by atoms with Crippen LogP contribution in [-0.4, -0.2) is 29.2 Å². The first-order valence-electron chi connectivity index (χ1n) is 9.94. The minimum absolute atomic E-state index is 0.0321. The van der Waals surface area contributed by atoms with E-state index in [2.05, 4.69) is 55.6 Å². The van der Waals surface area contributed by atoms with Crippen molar-refractivity contribution < 1.29 is 9.53 Å². The number of ether oxygens (including phenoxy) is 1. The van der Waals surface area contributed by atoms with Gasteiger partial charge in [0.05, 0.1) is 18.2 Å². The number of nitrogens with zero attached hydrogens (tertiary/aromatic N) is 1. The van der Waals surface area contributed by atoms with Gasteiger partial charge in [0, 0.05) is 12.6 Å². The van der Waals surface area contributed by atoms with E-state index in [1.807, 2.05) is 23.1 Å². The highest BCUT2D eigenvalue weighted by atomic mass is 16.5. The number of hydrogen-bond donors (Lipinski definition) is 1. The topological polar surface area (TPSA) is 41.6 Å². The molecule has 3 unspecified atom stereocenters. The van der Waals surface area contributed by atoms with Crippen LogP contribution in [0.15, 0.2) is 54.6 Å². The molecule has 142 valence electrons. The molecule has 2 aromatic carbocycles. The van der Waals surface area contributed by atoms with Crippen LogP contribution in [0.5, 0.6) is 0 Å². The van der Waals surface area contributed by atoms with Crippen LogP contribution in [0.1, 0.15) is 49.4 Å². The minimum Gasteiger partial charge on any atom is -0.375 e. The van der Waals surface area contributed by atoms with Crippen molar-refractivity contribution >= 4 is 6.03 Å². The Balaban J connectivity index is 1.57. The van der Waals surface area contributed by atoms with Crippen molar-refractivity contribution in [1.82, 2.24) is 10.2 Å². The lowest BCUT2D eigenvalue weighted by molar-refractivity contribution is -0.0409. The summed E-state index contributed by atoms with van der Waals surface area (Å²) in [6.45, 7) is 4.81. The zero-order valence-electron chi connectivity index (χ0n) is 16.1. The Morgan fingerprint density at radius 3 is 2.30 bits per heavy atom. The Labute approximate surface area is 161 Å². The quantitative estimate of drug-likeness (QED) is 0.855. The molecule has 1 fully saturated rings. The Hall–Kier alpha value is -2.33. The second kappa shape index (κ2) is 7.73. The van der Waals surface area contributed by atoms with Gasteiger partial charge in [-0.25, -0.2) is 4.79 Å². The molecule has 1 N–H and O–H groups in total. The third-order valence-corrected chi connectivity index (χ3v) is 5.72. The van der Waals surface area contributed by atoms with E-state index in [-0.39, 0.29) is 30.3 Å². The van der Waals surface area contributed by atoms with E-state index in [9.17, 15) is 4.79 Å². The molecule has 1 saturated heterocycles. The van der Waals surface area contributed by atoms with Crippen LogP contribution >= 0.6 is 0 Å². The summed E-state index contributed by atoms with van der Waals surface area (Å²) >= 11 is 0. The average molecular weight is 364 g/mol. The van der Waals surface area contributed by atoms with Gasteiger partial charge >= 0.3 is 6.03 Å². The number of urea groups is 1. The smallest absolute Gasteiger partial charge is 0.318 e. The zero-order valence-corrected chi connectivity index (χ0v) is 16.1. The number of fused-ring (bicyclic) bond motifs is 1. The summed E-state index contributed by atoms with van der Waals surface area (Å²) < 4.78 is 5.82. The van der Waals surface area contributed by atoms with Gasteiger partial charge < -0.3 is 15.0 Å². The highest BCUT2D eigenvalue weighted by Gasteiger charge is 2.33. The van der Waals surface area contributed by atoms with Crippen molar-refractivity contribution in [2.45, 2.75) is 63.9 Å². The van der Waals surface area contributed by atoms with Gasteiger partial charge in [-0.3, -0.25) is 0 Å². The van der Waals surface area contributed by atoms with E-state index in [0.717, 1.165) is 19.3 Å². The van der Waals surface area contributed by atoms with E-state index in [4.69, 9.17) is 4.74 Å². The predicted octanol–water partition coefficient (Wildman–Crippen LogP) is 4.45. The van der Waals surface area contributed by atoms with Crippen molar-refractivity contribution in [1.29, 1.82) is 0 Å². The van der Waals surface area contributed by atoms with Gasteiger partial charge in [0.1, 0.15) is 0 Å². The van der Waals surface area contributed by atoms with Gasteiger partial charge in [-0.15, -0.1) is 0 Å². The molecule has 0 spiro atoms. The second-order valence-electron chi connectivity index (χ2n) is 7.90. The first-order chi connectivity index (χ1) is 13.1. The molecule has 27 heavy (non-hydrogen) atoms. The fraction of sp³-hybridized carbons (Fsp3) is 0.435. The first kappa shape index (κ1) is 18.1. The molecule has 0 aliphatic carbocycles. The number of amides is 2. The summed E-state index contributed by atoms with van der Waals surface area (Å²) in [7, 11) is 0. The molecule has 2 amide bonds. The molecule has 4 rings (SSSR count). The van der Waals surface area contributed by atoms with Gasteiger partial charge in [-0.1, -0.05) is 54.6 Å². The van der Waals surface area contributed by atoms with Gasteiger partial charge in [-0.05, 0) is 49.8 Å². The summed E-state index contributed by atoms with van der Waals surface area (Å²) in [4.78, 5) is 15.2. The summed E-state index contributed by atoms with van der Waals surface area (Å²) in [5.41, 5.74) is 3.77.